The molecule has 0 amide bonds. The third kappa shape index (κ3) is 9.31. The summed E-state index contributed by atoms with van der Waals surface area (Å²) in [4.78, 5) is 5.22. The molecular weight excluding hydrogens is 380 g/mol. The summed E-state index contributed by atoms with van der Waals surface area (Å²) in [6.07, 6.45) is 11.4. The predicted octanol–water partition coefficient (Wildman–Crippen LogP) is 5.38. The second-order valence-corrected chi connectivity index (χ2v) is 10.1. The van der Waals surface area contributed by atoms with Crippen molar-refractivity contribution in [3.8, 4) is 0 Å². The van der Waals surface area contributed by atoms with Crippen LogP contribution in [0, 0.1) is 10.8 Å². The van der Waals surface area contributed by atoms with Gasteiger partial charge in [-0.25, -0.2) is 0 Å². The summed E-state index contributed by atoms with van der Waals surface area (Å²) >= 11 is 0. The molecule has 4 heteroatoms. The van der Waals surface area contributed by atoms with Gasteiger partial charge in [-0.15, -0.1) is 0 Å². The van der Waals surface area contributed by atoms with Crippen molar-refractivity contribution >= 4 is 0 Å². The fourth-order valence-electron chi connectivity index (χ4n) is 5.77. The number of nitrogens with zero attached hydrogens (tertiary/aromatic N) is 2. The SMILES string of the molecule is CC.CC.CC(C)N1CCC2(CCNCC2)CC1.CCN1CCC2(CCCNC2)CC1. The van der Waals surface area contributed by atoms with Crippen LogP contribution in [0.1, 0.15) is 99.8 Å². The van der Waals surface area contributed by atoms with E-state index < -0.39 is 0 Å². The van der Waals surface area contributed by atoms with Gasteiger partial charge in [-0.05, 0) is 128 Å². The van der Waals surface area contributed by atoms with Crippen molar-refractivity contribution in [2.45, 2.75) is 106 Å². The Kier molecular flexibility index (Phi) is 14.6. The van der Waals surface area contributed by atoms with E-state index in [4.69, 9.17) is 0 Å². The lowest BCUT2D eigenvalue weighted by Crippen LogP contribution is -2.47. The Morgan fingerprint density at radius 3 is 1.68 bits per heavy atom. The van der Waals surface area contributed by atoms with E-state index in [1.54, 1.807) is 0 Å². The maximum atomic E-state index is 3.56. The van der Waals surface area contributed by atoms with Gasteiger partial charge in [-0.2, -0.15) is 0 Å². The molecule has 4 fully saturated rings. The summed E-state index contributed by atoms with van der Waals surface area (Å²) in [6, 6.07) is 0.745. The molecule has 0 aromatic rings. The van der Waals surface area contributed by atoms with E-state index in [0.717, 1.165) is 11.5 Å². The molecule has 2 N–H and O–H groups in total. The summed E-state index contributed by atoms with van der Waals surface area (Å²) in [5.41, 5.74) is 1.40. The van der Waals surface area contributed by atoms with Crippen LogP contribution in [-0.2, 0) is 0 Å². The monoisotopic (exact) mass is 438 g/mol. The van der Waals surface area contributed by atoms with Crippen LogP contribution >= 0.6 is 0 Å². The molecule has 4 aliphatic rings. The lowest BCUT2D eigenvalue weighted by molar-refractivity contribution is 0.0582. The summed E-state index contributed by atoms with van der Waals surface area (Å²) in [5, 5.41) is 7.04. The molecule has 2 spiro atoms. The standard InChI is InChI=1S/C12H24N2.C11H22N2.2C2H6/c1-11(2)14-9-5-12(6-10-14)3-7-13-8-4-12;1-2-13-8-5-11(6-9-13)4-3-7-12-10-11;2*1-2/h11,13H,3-10H2,1-2H3;12H,2-10H2,1H3;2*1-2H3. The van der Waals surface area contributed by atoms with Crippen molar-refractivity contribution in [1.82, 2.24) is 20.4 Å². The molecule has 0 aliphatic carbocycles. The fraction of sp³-hybridized carbons (Fsp3) is 1.00. The van der Waals surface area contributed by atoms with Gasteiger partial charge in [0.2, 0.25) is 0 Å². The summed E-state index contributed by atoms with van der Waals surface area (Å²) in [6.45, 7) is 26.5. The molecule has 186 valence electrons. The van der Waals surface area contributed by atoms with Crippen molar-refractivity contribution in [3.05, 3.63) is 0 Å². The molecule has 0 saturated carbocycles. The molecule has 0 aromatic carbocycles. The highest BCUT2D eigenvalue weighted by atomic mass is 15.2. The van der Waals surface area contributed by atoms with Gasteiger partial charge in [0.05, 0.1) is 0 Å². The zero-order valence-electron chi connectivity index (χ0n) is 22.5. The highest BCUT2D eigenvalue weighted by Gasteiger charge is 2.36. The number of hydrogen-bond acceptors (Lipinski definition) is 4. The number of rotatable bonds is 2. The number of hydrogen-bond donors (Lipinski definition) is 2. The molecule has 4 saturated heterocycles. The first-order chi connectivity index (χ1) is 15.1. The maximum Gasteiger partial charge on any atom is 0.00385 e. The molecule has 0 radical (unpaired) electrons. The van der Waals surface area contributed by atoms with Crippen molar-refractivity contribution in [2.24, 2.45) is 10.8 Å². The quantitative estimate of drug-likeness (QED) is 0.605. The minimum Gasteiger partial charge on any atom is -0.317 e. The van der Waals surface area contributed by atoms with Crippen LogP contribution in [0.4, 0.5) is 0 Å². The first-order valence-corrected chi connectivity index (χ1v) is 13.9. The zero-order valence-corrected chi connectivity index (χ0v) is 22.5. The van der Waals surface area contributed by atoms with Crippen LogP contribution in [0.2, 0.25) is 0 Å². The van der Waals surface area contributed by atoms with Crippen LogP contribution < -0.4 is 10.6 Å². The van der Waals surface area contributed by atoms with Gasteiger partial charge >= 0.3 is 0 Å². The second-order valence-electron chi connectivity index (χ2n) is 10.1. The largest absolute Gasteiger partial charge is 0.317 e. The van der Waals surface area contributed by atoms with E-state index in [1.165, 1.54) is 110 Å². The topological polar surface area (TPSA) is 30.5 Å². The predicted molar refractivity (Wildman–Crippen MR) is 139 cm³/mol. The van der Waals surface area contributed by atoms with Gasteiger partial charge in [0, 0.05) is 12.6 Å². The average Bonchev–Trinajstić information content (AvgIpc) is 2.84. The normalized spacial score (nSPS) is 25.5. The summed E-state index contributed by atoms with van der Waals surface area (Å²) < 4.78 is 0. The van der Waals surface area contributed by atoms with Gasteiger partial charge in [0.25, 0.3) is 0 Å². The van der Waals surface area contributed by atoms with E-state index in [1.807, 2.05) is 27.7 Å². The van der Waals surface area contributed by atoms with Crippen molar-refractivity contribution in [1.29, 1.82) is 0 Å². The van der Waals surface area contributed by atoms with Gasteiger partial charge < -0.3 is 20.4 Å². The molecule has 4 nitrogen and oxygen atoms in total. The average molecular weight is 439 g/mol. The molecule has 0 bridgehead atoms. The van der Waals surface area contributed by atoms with Crippen LogP contribution in [0.3, 0.4) is 0 Å². The van der Waals surface area contributed by atoms with E-state index in [-0.39, 0.29) is 0 Å². The van der Waals surface area contributed by atoms with E-state index in [2.05, 4.69) is 41.2 Å². The lowest BCUT2D eigenvalue weighted by atomic mass is 9.71. The number of nitrogens with one attached hydrogen (secondary N) is 2. The Bertz CT molecular complexity index is 405. The summed E-state index contributed by atoms with van der Waals surface area (Å²) in [7, 11) is 0. The molecule has 4 heterocycles. The number of likely N-dealkylation sites (tertiary alicyclic amines) is 2. The minimum atomic E-state index is 0.684. The molecule has 4 rings (SSSR count). The maximum absolute atomic E-state index is 3.56. The van der Waals surface area contributed by atoms with E-state index in [9.17, 15) is 0 Å². The van der Waals surface area contributed by atoms with Crippen molar-refractivity contribution < 1.29 is 0 Å². The van der Waals surface area contributed by atoms with Gasteiger partial charge in [0.1, 0.15) is 0 Å². The first kappa shape index (κ1) is 28.9. The second kappa shape index (κ2) is 15.6. The van der Waals surface area contributed by atoms with Gasteiger partial charge in [-0.1, -0.05) is 34.6 Å². The van der Waals surface area contributed by atoms with E-state index in [0.29, 0.717) is 5.41 Å². The van der Waals surface area contributed by atoms with Crippen molar-refractivity contribution in [3.63, 3.8) is 0 Å². The number of piperidine rings is 4. The van der Waals surface area contributed by atoms with Crippen molar-refractivity contribution in [2.75, 3.05) is 58.9 Å². The van der Waals surface area contributed by atoms with Gasteiger partial charge in [0.15, 0.2) is 0 Å². The third-order valence-electron chi connectivity index (χ3n) is 8.18. The fourth-order valence-corrected chi connectivity index (χ4v) is 5.77. The molecule has 0 unspecified atom stereocenters. The smallest absolute Gasteiger partial charge is 0.00385 e. The molecule has 0 atom stereocenters. The van der Waals surface area contributed by atoms with E-state index >= 15 is 0 Å². The molecule has 4 aliphatic heterocycles. The highest BCUT2D eigenvalue weighted by molar-refractivity contribution is 4.91. The Balaban J connectivity index is 0.000000268. The Morgan fingerprint density at radius 1 is 0.677 bits per heavy atom. The Labute approximate surface area is 196 Å². The Morgan fingerprint density at radius 2 is 1.23 bits per heavy atom. The van der Waals surface area contributed by atoms with Crippen LogP contribution in [-0.4, -0.2) is 74.7 Å². The first-order valence-electron chi connectivity index (χ1n) is 13.9. The molecule has 31 heavy (non-hydrogen) atoms. The minimum absolute atomic E-state index is 0.684. The third-order valence-corrected chi connectivity index (χ3v) is 8.18. The van der Waals surface area contributed by atoms with Crippen LogP contribution in [0.5, 0.6) is 0 Å². The van der Waals surface area contributed by atoms with Crippen LogP contribution in [0.15, 0.2) is 0 Å². The van der Waals surface area contributed by atoms with Gasteiger partial charge in [-0.3, -0.25) is 0 Å². The Hall–Kier alpha value is -0.160. The molecular formula is C27H58N4. The zero-order chi connectivity index (χ0) is 23.2. The lowest BCUT2D eigenvalue weighted by Gasteiger charge is -2.45. The summed E-state index contributed by atoms with van der Waals surface area (Å²) in [5.74, 6) is 0. The highest BCUT2D eigenvalue weighted by Crippen LogP contribution is 2.40. The molecule has 0 aromatic heterocycles. The van der Waals surface area contributed by atoms with Crippen LogP contribution in [0.25, 0.3) is 0 Å².